The lowest BCUT2D eigenvalue weighted by atomic mass is 10.0. The summed E-state index contributed by atoms with van der Waals surface area (Å²) in [4.78, 5) is 21.4. The molecule has 0 heterocycles. The van der Waals surface area contributed by atoms with Crippen LogP contribution in [0.25, 0.3) is 0 Å². The predicted molar refractivity (Wildman–Crippen MR) is 59.7 cm³/mol. The fourth-order valence-corrected chi connectivity index (χ4v) is 1.34. The van der Waals surface area contributed by atoms with Gasteiger partial charge in [-0.15, -0.1) is 0 Å². The highest BCUT2D eigenvalue weighted by molar-refractivity contribution is 5.96. The molecular formula is C12H13NO3. The molecule has 1 rings (SSSR count). The second-order valence-corrected chi connectivity index (χ2v) is 3.36. The number of benzene rings is 1. The number of carboxylic acid groups (broad SMARTS) is 1. The zero-order chi connectivity index (χ0) is 12.0. The zero-order valence-corrected chi connectivity index (χ0v) is 8.72. The van der Waals surface area contributed by atoms with E-state index >= 15 is 0 Å². The molecule has 84 valence electrons. The van der Waals surface area contributed by atoms with Crippen LogP contribution in [0.3, 0.4) is 0 Å². The van der Waals surface area contributed by atoms with Crippen LogP contribution in [-0.2, 0) is 16.0 Å². The molecular weight excluding hydrogens is 206 g/mol. The molecule has 0 saturated carbocycles. The van der Waals surface area contributed by atoms with Gasteiger partial charge >= 0.3 is 5.97 Å². The average Bonchev–Trinajstić information content (AvgIpc) is 2.25. The van der Waals surface area contributed by atoms with Gasteiger partial charge in [-0.3, -0.25) is 4.79 Å². The third kappa shape index (κ3) is 3.96. The van der Waals surface area contributed by atoms with Gasteiger partial charge in [0.25, 0.3) is 0 Å². The van der Waals surface area contributed by atoms with Gasteiger partial charge in [0.2, 0.25) is 5.91 Å². The van der Waals surface area contributed by atoms with Crippen molar-refractivity contribution in [1.82, 2.24) is 0 Å². The number of nitrogens with two attached hydrogens (primary N) is 1. The number of hydrogen-bond donors (Lipinski definition) is 2. The number of rotatable bonds is 5. The number of carboxylic acids is 1. The van der Waals surface area contributed by atoms with Gasteiger partial charge in [-0.2, -0.15) is 0 Å². The van der Waals surface area contributed by atoms with Crippen molar-refractivity contribution < 1.29 is 14.7 Å². The van der Waals surface area contributed by atoms with Gasteiger partial charge < -0.3 is 10.8 Å². The summed E-state index contributed by atoms with van der Waals surface area (Å²) >= 11 is 0. The van der Waals surface area contributed by atoms with Crippen molar-refractivity contribution in [1.29, 1.82) is 0 Å². The molecule has 0 atom stereocenters. The van der Waals surface area contributed by atoms with Crippen molar-refractivity contribution in [2.75, 3.05) is 0 Å². The molecule has 1 amide bonds. The highest BCUT2D eigenvalue weighted by Gasteiger charge is 2.08. The number of primary amides is 1. The SMILES string of the molecule is NC(=O)/C=C(/CCc1ccccc1)C(=O)O. The molecule has 4 heteroatoms. The lowest BCUT2D eigenvalue weighted by molar-refractivity contribution is -0.133. The summed E-state index contributed by atoms with van der Waals surface area (Å²) < 4.78 is 0. The molecule has 0 unspecified atom stereocenters. The third-order valence-electron chi connectivity index (χ3n) is 2.12. The van der Waals surface area contributed by atoms with E-state index in [0.717, 1.165) is 11.6 Å². The van der Waals surface area contributed by atoms with Crippen LogP contribution in [0, 0.1) is 0 Å². The molecule has 1 aromatic carbocycles. The van der Waals surface area contributed by atoms with E-state index in [1.54, 1.807) is 0 Å². The first kappa shape index (κ1) is 12.0. The van der Waals surface area contributed by atoms with Crippen LogP contribution < -0.4 is 5.73 Å². The summed E-state index contributed by atoms with van der Waals surface area (Å²) in [7, 11) is 0. The normalized spacial score (nSPS) is 11.1. The quantitative estimate of drug-likeness (QED) is 0.728. The highest BCUT2D eigenvalue weighted by Crippen LogP contribution is 2.09. The minimum absolute atomic E-state index is 0.0383. The average molecular weight is 219 g/mol. The third-order valence-corrected chi connectivity index (χ3v) is 2.12. The Morgan fingerprint density at radius 1 is 1.25 bits per heavy atom. The molecule has 0 spiro atoms. The van der Waals surface area contributed by atoms with Crippen LogP contribution in [0.1, 0.15) is 12.0 Å². The molecule has 0 bridgehead atoms. The van der Waals surface area contributed by atoms with Gasteiger partial charge in [0.05, 0.1) is 0 Å². The van der Waals surface area contributed by atoms with Gasteiger partial charge in [0.1, 0.15) is 0 Å². The fourth-order valence-electron chi connectivity index (χ4n) is 1.34. The molecule has 0 aliphatic carbocycles. The largest absolute Gasteiger partial charge is 0.478 e. The van der Waals surface area contributed by atoms with Crippen LogP contribution in [0.5, 0.6) is 0 Å². The van der Waals surface area contributed by atoms with E-state index in [1.807, 2.05) is 30.3 Å². The molecule has 16 heavy (non-hydrogen) atoms. The molecule has 4 nitrogen and oxygen atoms in total. The summed E-state index contributed by atoms with van der Waals surface area (Å²) in [5.41, 5.74) is 5.99. The second-order valence-electron chi connectivity index (χ2n) is 3.36. The number of aliphatic carboxylic acids is 1. The van der Waals surface area contributed by atoms with E-state index in [-0.39, 0.29) is 5.57 Å². The Labute approximate surface area is 93.4 Å². The Hall–Kier alpha value is -2.10. The summed E-state index contributed by atoms with van der Waals surface area (Å²) in [6, 6.07) is 9.47. The second kappa shape index (κ2) is 5.70. The summed E-state index contributed by atoms with van der Waals surface area (Å²) in [5.74, 6) is -1.83. The van der Waals surface area contributed by atoms with Gasteiger partial charge in [-0.25, -0.2) is 4.79 Å². The van der Waals surface area contributed by atoms with Crippen molar-refractivity contribution in [3.8, 4) is 0 Å². The van der Waals surface area contributed by atoms with E-state index in [4.69, 9.17) is 10.8 Å². The predicted octanol–water partition coefficient (Wildman–Crippen LogP) is 1.12. The first-order chi connectivity index (χ1) is 7.59. The van der Waals surface area contributed by atoms with E-state index in [0.29, 0.717) is 12.8 Å². The minimum Gasteiger partial charge on any atom is -0.478 e. The minimum atomic E-state index is -1.10. The van der Waals surface area contributed by atoms with Crippen LogP contribution in [0.15, 0.2) is 42.0 Å². The molecule has 0 aliphatic heterocycles. The maximum atomic E-state index is 10.8. The molecule has 3 N–H and O–H groups in total. The Morgan fingerprint density at radius 2 is 1.88 bits per heavy atom. The topological polar surface area (TPSA) is 80.4 Å². The van der Waals surface area contributed by atoms with Crippen LogP contribution in [-0.4, -0.2) is 17.0 Å². The number of aryl methyl sites for hydroxylation is 1. The van der Waals surface area contributed by atoms with Gasteiger partial charge in [-0.1, -0.05) is 30.3 Å². The lowest BCUT2D eigenvalue weighted by Crippen LogP contribution is -2.11. The molecule has 0 aliphatic rings. The Morgan fingerprint density at radius 3 is 2.38 bits per heavy atom. The molecule has 0 saturated heterocycles. The first-order valence-electron chi connectivity index (χ1n) is 4.87. The van der Waals surface area contributed by atoms with E-state index < -0.39 is 11.9 Å². The van der Waals surface area contributed by atoms with Crippen LogP contribution >= 0.6 is 0 Å². The maximum absolute atomic E-state index is 10.8. The van der Waals surface area contributed by atoms with Crippen molar-refractivity contribution in [2.45, 2.75) is 12.8 Å². The molecule has 0 aromatic heterocycles. The summed E-state index contributed by atoms with van der Waals surface area (Å²) in [6.45, 7) is 0. The monoisotopic (exact) mass is 219 g/mol. The fraction of sp³-hybridized carbons (Fsp3) is 0.167. The number of carbonyl (C=O) groups excluding carboxylic acids is 1. The van der Waals surface area contributed by atoms with Crippen LogP contribution in [0.2, 0.25) is 0 Å². The number of amides is 1. The zero-order valence-electron chi connectivity index (χ0n) is 8.72. The van der Waals surface area contributed by atoms with Crippen molar-refractivity contribution in [2.24, 2.45) is 5.73 Å². The Kier molecular flexibility index (Phi) is 4.27. The summed E-state index contributed by atoms with van der Waals surface area (Å²) in [5, 5.41) is 8.82. The Bertz CT molecular complexity index is 410. The number of hydrogen-bond acceptors (Lipinski definition) is 2. The maximum Gasteiger partial charge on any atom is 0.331 e. The van der Waals surface area contributed by atoms with Crippen molar-refractivity contribution in [3.63, 3.8) is 0 Å². The summed E-state index contributed by atoms with van der Waals surface area (Å²) in [6.07, 6.45) is 1.83. The molecule has 0 radical (unpaired) electrons. The highest BCUT2D eigenvalue weighted by atomic mass is 16.4. The number of carbonyl (C=O) groups is 2. The van der Waals surface area contributed by atoms with Crippen molar-refractivity contribution >= 4 is 11.9 Å². The van der Waals surface area contributed by atoms with E-state index in [1.165, 1.54) is 0 Å². The van der Waals surface area contributed by atoms with Gasteiger partial charge in [-0.05, 0) is 18.4 Å². The van der Waals surface area contributed by atoms with Crippen molar-refractivity contribution in [3.05, 3.63) is 47.5 Å². The molecule has 1 aromatic rings. The smallest absolute Gasteiger partial charge is 0.331 e. The Balaban J connectivity index is 2.65. The van der Waals surface area contributed by atoms with Gasteiger partial charge in [0.15, 0.2) is 0 Å². The lowest BCUT2D eigenvalue weighted by Gasteiger charge is -2.02. The van der Waals surface area contributed by atoms with E-state index in [2.05, 4.69) is 0 Å². The van der Waals surface area contributed by atoms with E-state index in [9.17, 15) is 9.59 Å². The molecule has 0 fully saturated rings. The van der Waals surface area contributed by atoms with Gasteiger partial charge in [0, 0.05) is 11.6 Å². The van der Waals surface area contributed by atoms with Crippen LogP contribution in [0.4, 0.5) is 0 Å². The first-order valence-corrected chi connectivity index (χ1v) is 4.87. The standard InChI is InChI=1S/C12H13NO3/c13-11(14)8-10(12(15)16)7-6-9-4-2-1-3-5-9/h1-5,8H,6-7H2,(H2,13,14)(H,15,16)/b10-8-.